The summed E-state index contributed by atoms with van der Waals surface area (Å²) in [4.78, 5) is 18.9. The number of carbonyl (C=O) groups is 1. The predicted molar refractivity (Wildman–Crippen MR) is 91.7 cm³/mol. The van der Waals surface area contributed by atoms with E-state index < -0.39 is 15.9 Å². The van der Waals surface area contributed by atoms with Crippen molar-refractivity contribution in [3.8, 4) is 0 Å². The summed E-state index contributed by atoms with van der Waals surface area (Å²) >= 11 is 5.89. The van der Waals surface area contributed by atoms with Crippen LogP contribution in [0.4, 0.5) is 5.69 Å². The first-order chi connectivity index (χ1) is 11.4. The summed E-state index contributed by atoms with van der Waals surface area (Å²) in [7, 11) is -2.43. The van der Waals surface area contributed by atoms with E-state index in [0.717, 1.165) is 0 Å². The highest BCUT2D eigenvalue weighted by molar-refractivity contribution is 7.92. The molecule has 1 amide bonds. The standard InChI is InChI=1S/C15H13ClN4O3S/c1-17-15(21)11-6-9(16)2-4-12(11)20-24(22,23)10-3-5-13-14(7-10)19-8-18-13/h2-8,20H,1H3,(H,17,21)(H,18,19). The van der Waals surface area contributed by atoms with Gasteiger partial charge in [0.1, 0.15) is 0 Å². The topological polar surface area (TPSA) is 104 Å². The lowest BCUT2D eigenvalue weighted by Crippen LogP contribution is -2.21. The number of halogens is 1. The molecule has 0 radical (unpaired) electrons. The van der Waals surface area contributed by atoms with E-state index in [-0.39, 0.29) is 16.1 Å². The summed E-state index contributed by atoms with van der Waals surface area (Å²) in [6.45, 7) is 0. The van der Waals surface area contributed by atoms with Crippen molar-refractivity contribution in [3.63, 3.8) is 0 Å². The fraction of sp³-hybridized carbons (Fsp3) is 0.0667. The van der Waals surface area contributed by atoms with E-state index in [1.54, 1.807) is 6.07 Å². The number of nitrogens with zero attached hydrogens (tertiary/aromatic N) is 1. The number of hydrogen-bond acceptors (Lipinski definition) is 4. The Kier molecular flexibility index (Phi) is 4.16. The van der Waals surface area contributed by atoms with Gasteiger partial charge in [0.2, 0.25) is 0 Å². The molecule has 0 aliphatic rings. The van der Waals surface area contributed by atoms with Crippen LogP contribution in [0.2, 0.25) is 5.02 Å². The Hall–Kier alpha value is -2.58. The van der Waals surface area contributed by atoms with Gasteiger partial charge in [0.25, 0.3) is 15.9 Å². The Morgan fingerprint density at radius 1 is 1.21 bits per heavy atom. The van der Waals surface area contributed by atoms with Gasteiger partial charge in [-0.2, -0.15) is 0 Å². The fourth-order valence-electron chi connectivity index (χ4n) is 2.21. The number of hydrogen-bond donors (Lipinski definition) is 3. The zero-order valence-electron chi connectivity index (χ0n) is 12.5. The number of carbonyl (C=O) groups excluding carboxylic acids is 1. The van der Waals surface area contributed by atoms with E-state index in [2.05, 4.69) is 20.0 Å². The van der Waals surface area contributed by atoms with Crippen LogP contribution >= 0.6 is 11.6 Å². The minimum absolute atomic E-state index is 0.0528. The maximum Gasteiger partial charge on any atom is 0.261 e. The molecule has 24 heavy (non-hydrogen) atoms. The van der Waals surface area contributed by atoms with Crippen molar-refractivity contribution in [1.82, 2.24) is 15.3 Å². The summed E-state index contributed by atoms with van der Waals surface area (Å²) in [5.41, 5.74) is 1.53. The van der Waals surface area contributed by atoms with Crippen LogP contribution < -0.4 is 10.0 Å². The Labute approximate surface area is 143 Å². The van der Waals surface area contributed by atoms with Crippen molar-refractivity contribution in [3.05, 3.63) is 53.3 Å². The van der Waals surface area contributed by atoms with E-state index in [1.165, 1.54) is 43.7 Å². The number of sulfonamides is 1. The minimum Gasteiger partial charge on any atom is -0.355 e. The third-order valence-electron chi connectivity index (χ3n) is 3.40. The normalized spacial score (nSPS) is 11.4. The molecule has 0 aliphatic carbocycles. The number of H-pyrrole nitrogens is 1. The lowest BCUT2D eigenvalue weighted by Gasteiger charge is -2.12. The van der Waals surface area contributed by atoms with Crippen LogP contribution in [0.15, 0.2) is 47.6 Å². The van der Waals surface area contributed by atoms with E-state index in [9.17, 15) is 13.2 Å². The van der Waals surface area contributed by atoms with Crippen LogP contribution in [0.5, 0.6) is 0 Å². The number of imidazole rings is 1. The number of nitrogens with one attached hydrogen (secondary N) is 3. The average Bonchev–Trinajstić information content (AvgIpc) is 3.03. The smallest absolute Gasteiger partial charge is 0.261 e. The van der Waals surface area contributed by atoms with E-state index in [4.69, 9.17) is 11.6 Å². The van der Waals surface area contributed by atoms with Gasteiger partial charge in [-0.25, -0.2) is 13.4 Å². The van der Waals surface area contributed by atoms with Gasteiger partial charge >= 0.3 is 0 Å². The highest BCUT2D eigenvalue weighted by atomic mass is 35.5. The summed E-state index contributed by atoms with van der Waals surface area (Å²) in [6.07, 6.45) is 1.48. The number of anilines is 1. The molecule has 0 spiro atoms. The molecule has 0 saturated carbocycles. The Morgan fingerprint density at radius 2 is 2.00 bits per heavy atom. The second-order valence-corrected chi connectivity index (χ2v) is 7.07. The molecule has 3 aromatic rings. The van der Waals surface area contributed by atoms with Crippen molar-refractivity contribution in [2.45, 2.75) is 4.90 Å². The van der Waals surface area contributed by atoms with Gasteiger partial charge in [0.15, 0.2) is 0 Å². The molecule has 0 unspecified atom stereocenters. The summed E-state index contributed by atoms with van der Waals surface area (Å²) < 4.78 is 27.6. The second kappa shape index (κ2) is 6.14. The molecule has 2 aromatic carbocycles. The van der Waals surface area contributed by atoms with E-state index >= 15 is 0 Å². The number of aromatic nitrogens is 2. The third kappa shape index (κ3) is 3.06. The minimum atomic E-state index is -3.88. The van der Waals surface area contributed by atoms with Crippen LogP contribution in [0.25, 0.3) is 11.0 Å². The molecule has 0 bridgehead atoms. The molecule has 0 fully saturated rings. The number of amides is 1. The molecule has 7 nitrogen and oxygen atoms in total. The lowest BCUT2D eigenvalue weighted by molar-refractivity contribution is 0.0964. The first-order valence-corrected chi connectivity index (χ1v) is 8.74. The summed E-state index contributed by atoms with van der Waals surface area (Å²) in [6, 6.07) is 8.86. The van der Waals surface area contributed by atoms with Gasteiger partial charge in [-0.15, -0.1) is 0 Å². The van der Waals surface area contributed by atoms with Gasteiger partial charge in [-0.05, 0) is 36.4 Å². The third-order valence-corrected chi connectivity index (χ3v) is 5.00. The average molecular weight is 365 g/mol. The van der Waals surface area contributed by atoms with Crippen LogP contribution in [-0.4, -0.2) is 31.3 Å². The van der Waals surface area contributed by atoms with E-state index in [1.807, 2.05) is 0 Å². The van der Waals surface area contributed by atoms with Crippen molar-refractivity contribution >= 4 is 44.3 Å². The van der Waals surface area contributed by atoms with Crippen molar-refractivity contribution in [1.29, 1.82) is 0 Å². The predicted octanol–water partition coefficient (Wildman–Crippen LogP) is 2.38. The van der Waals surface area contributed by atoms with Crippen molar-refractivity contribution in [2.24, 2.45) is 0 Å². The summed E-state index contributed by atoms with van der Waals surface area (Å²) in [5, 5.41) is 2.78. The van der Waals surface area contributed by atoms with Crippen LogP contribution in [-0.2, 0) is 10.0 Å². The maximum absolute atomic E-state index is 12.6. The highest BCUT2D eigenvalue weighted by Crippen LogP contribution is 2.24. The molecule has 3 rings (SSSR count). The number of aromatic amines is 1. The summed E-state index contributed by atoms with van der Waals surface area (Å²) in [5.74, 6) is -0.445. The maximum atomic E-state index is 12.6. The van der Waals surface area contributed by atoms with Crippen LogP contribution in [0.3, 0.4) is 0 Å². The van der Waals surface area contributed by atoms with Gasteiger partial charge in [-0.1, -0.05) is 11.6 Å². The van der Waals surface area contributed by atoms with Crippen LogP contribution in [0.1, 0.15) is 10.4 Å². The molecule has 1 heterocycles. The van der Waals surface area contributed by atoms with Gasteiger partial charge in [0, 0.05) is 12.1 Å². The zero-order valence-corrected chi connectivity index (χ0v) is 14.1. The largest absolute Gasteiger partial charge is 0.355 e. The molecule has 124 valence electrons. The lowest BCUT2D eigenvalue weighted by atomic mass is 10.2. The fourth-order valence-corrected chi connectivity index (χ4v) is 3.49. The Balaban J connectivity index is 2.01. The molecule has 0 saturated heterocycles. The number of benzene rings is 2. The molecule has 3 N–H and O–H groups in total. The monoisotopic (exact) mass is 364 g/mol. The van der Waals surface area contributed by atoms with Crippen molar-refractivity contribution in [2.75, 3.05) is 11.8 Å². The quantitative estimate of drug-likeness (QED) is 0.661. The van der Waals surface area contributed by atoms with Gasteiger partial charge in [0.05, 0.1) is 33.5 Å². The Morgan fingerprint density at radius 3 is 2.75 bits per heavy atom. The van der Waals surface area contributed by atoms with Gasteiger partial charge < -0.3 is 10.3 Å². The highest BCUT2D eigenvalue weighted by Gasteiger charge is 2.19. The number of rotatable bonds is 4. The molecule has 1 aromatic heterocycles. The Bertz CT molecular complexity index is 1030. The molecule has 0 atom stereocenters. The molecular weight excluding hydrogens is 352 g/mol. The second-order valence-electron chi connectivity index (χ2n) is 4.96. The van der Waals surface area contributed by atoms with Gasteiger partial charge in [-0.3, -0.25) is 9.52 Å². The van der Waals surface area contributed by atoms with Crippen LogP contribution in [0, 0.1) is 0 Å². The van der Waals surface area contributed by atoms with E-state index in [0.29, 0.717) is 16.1 Å². The first-order valence-electron chi connectivity index (χ1n) is 6.88. The number of fused-ring (bicyclic) bond motifs is 1. The zero-order chi connectivity index (χ0) is 17.3. The van der Waals surface area contributed by atoms with Crippen molar-refractivity contribution < 1.29 is 13.2 Å². The molecular formula is C15H13ClN4O3S. The first kappa shape index (κ1) is 16.3. The molecule has 9 heteroatoms. The SMILES string of the molecule is CNC(=O)c1cc(Cl)ccc1NS(=O)(=O)c1ccc2nc[nH]c2c1. The molecule has 0 aliphatic heterocycles.